The number of thiazole rings is 1. The van der Waals surface area contributed by atoms with E-state index in [1.807, 2.05) is 23.4 Å². The average molecular weight is 616 g/mol. The van der Waals surface area contributed by atoms with Crippen molar-refractivity contribution in [3.05, 3.63) is 58.5 Å². The van der Waals surface area contributed by atoms with Crippen molar-refractivity contribution in [2.24, 2.45) is 5.41 Å². The number of ether oxygens (including phenoxy) is 1. The van der Waals surface area contributed by atoms with E-state index >= 15 is 0 Å². The van der Waals surface area contributed by atoms with Crippen LogP contribution in [0.25, 0.3) is 16.8 Å². The van der Waals surface area contributed by atoms with Gasteiger partial charge in [0.1, 0.15) is 28.1 Å². The standard InChI is InChI=1S/C32H34FN7O3S/c1-4-24-28(37(3)30-35-27(26(15-34)44-30)21-5-7-22(33)8-6-21)25-14-23(13-20(2)40(25)36-24)38-16-31(17-38)18-39(19-31)29(41)32(42)9-11-43-12-10-32/h5-8,13-14,42H,4,9-12,16-19H2,1-3H3. The Morgan fingerprint density at radius 3 is 2.55 bits per heavy atom. The van der Waals surface area contributed by atoms with Crippen LogP contribution in [-0.2, 0) is 16.0 Å². The minimum absolute atomic E-state index is 0.0526. The second-order valence-corrected chi connectivity index (χ2v) is 13.3. The van der Waals surface area contributed by atoms with Gasteiger partial charge in [-0.05, 0) is 49.7 Å². The summed E-state index contributed by atoms with van der Waals surface area (Å²) in [6.45, 7) is 7.95. The van der Waals surface area contributed by atoms with E-state index in [4.69, 9.17) is 14.8 Å². The van der Waals surface area contributed by atoms with E-state index in [1.165, 1.54) is 23.5 Å². The van der Waals surface area contributed by atoms with Gasteiger partial charge in [0.15, 0.2) is 5.13 Å². The number of rotatable bonds is 6. The van der Waals surface area contributed by atoms with Crippen LogP contribution in [0.2, 0.25) is 0 Å². The summed E-state index contributed by atoms with van der Waals surface area (Å²) in [7, 11) is 1.94. The number of carbonyl (C=O) groups is 1. The second-order valence-electron chi connectivity index (χ2n) is 12.3. The number of benzene rings is 1. The zero-order valence-corrected chi connectivity index (χ0v) is 25.8. The molecule has 3 aliphatic heterocycles. The molecule has 0 unspecified atom stereocenters. The molecule has 3 fully saturated rings. The summed E-state index contributed by atoms with van der Waals surface area (Å²) >= 11 is 1.30. The van der Waals surface area contributed by atoms with E-state index < -0.39 is 5.60 Å². The van der Waals surface area contributed by atoms with E-state index in [1.54, 1.807) is 17.0 Å². The van der Waals surface area contributed by atoms with Crippen LogP contribution >= 0.6 is 11.3 Å². The lowest BCUT2D eigenvalue weighted by molar-refractivity contribution is -0.174. The molecule has 7 rings (SSSR count). The molecule has 3 saturated heterocycles. The van der Waals surface area contributed by atoms with Gasteiger partial charge in [0.25, 0.3) is 5.91 Å². The molecule has 0 bridgehead atoms. The van der Waals surface area contributed by atoms with E-state index in [2.05, 4.69) is 30.0 Å². The van der Waals surface area contributed by atoms with E-state index in [-0.39, 0.29) is 17.1 Å². The van der Waals surface area contributed by atoms with Crippen molar-refractivity contribution in [1.82, 2.24) is 19.5 Å². The molecule has 1 amide bonds. The highest BCUT2D eigenvalue weighted by Gasteiger charge is 2.56. The second kappa shape index (κ2) is 10.5. The zero-order valence-electron chi connectivity index (χ0n) is 25.0. The maximum absolute atomic E-state index is 13.6. The molecule has 3 aromatic heterocycles. The van der Waals surface area contributed by atoms with Gasteiger partial charge in [0.2, 0.25) is 0 Å². The summed E-state index contributed by atoms with van der Waals surface area (Å²) in [5.41, 5.74) is 4.88. The molecule has 44 heavy (non-hydrogen) atoms. The molecule has 0 saturated carbocycles. The van der Waals surface area contributed by atoms with Gasteiger partial charge in [0.05, 0.1) is 16.9 Å². The van der Waals surface area contributed by atoms with Gasteiger partial charge in [-0.25, -0.2) is 13.9 Å². The molecule has 12 heteroatoms. The van der Waals surface area contributed by atoms with Gasteiger partial charge in [-0.3, -0.25) is 4.79 Å². The molecule has 0 atom stereocenters. The van der Waals surface area contributed by atoms with E-state index in [0.29, 0.717) is 66.8 Å². The Bertz CT molecular complexity index is 1790. The number of anilines is 3. The summed E-state index contributed by atoms with van der Waals surface area (Å²) in [5, 5.41) is 26.3. The lowest BCUT2D eigenvalue weighted by Gasteiger charge is -2.61. The summed E-state index contributed by atoms with van der Waals surface area (Å²) < 4.78 is 20.9. The summed E-state index contributed by atoms with van der Waals surface area (Å²) in [5.74, 6) is -0.500. The third-order valence-electron chi connectivity index (χ3n) is 9.21. The predicted molar refractivity (Wildman–Crippen MR) is 166 cm³/mol. The van der Waals surface area contributed by atoms with Crippen LogP contribution in [0.1, 0.15) is 36.0 Å². The van der Waals surface area contributed by atoms with E-state index in [9.17, 15) is 19.6 Å². The summed E-state index contributed by atoms with van der Waals surface area (Å²) in [4.78, 5) is 24.4. The molecular formula is C32H34FN7O3S. The predicted octanol–water partition coefficient (Wildman–Crippen LogP) is 4.30. The fourth-order valence-corrected chi connectivity index (χ4v) is 7.66. The molecule has 1 spiro atoms. The lowest BCUT2D eigenvalue weighted by Crippen LogP contribution is -2.75. The zero-order chi connectivity index (χ0) is 30.8. The number of fused-ring (bicyclic) bond motifs is 1. The highest BCUT2D eigenvalue weighted by atomic mass is 32.1. The largest absolute Gasteiger partial charge is 0.381 e. The summed E-state index contributed by atoms with van der Waals surface area (Å²) in [6.07, 6.45) is 1.43. The van der Waals surface area contributed by atoms with Crippen molar-refractivity contribution < 1.29 is 19.0 Å². The van der Waals surface area contributed by atoms with Crippen LogP contribution < -0.4 is 9.80 Å². The van der Waals surface area contributed by atoms with Gasteiger partial charge >= 0.3 is 0 Å². The van der Waals surface area contributed by atoms with Crippen LogP contribution in [0.4, 0.5) is 20.9 Å². The molecule has 1 aromatic carbocycles. The number of aromatic nitrogens is 3. The van der Waals surface area contributed by atoms with Crippen LogP contribution in [-0.4, -0.2) is 82.6 Å². The van der Waals surface area contributed by atoms with Gasteiger partial charge in [-0.15, -0.1) is 0 Å². The van der Waals surface area contributed by atoms with Crippen LogP contribution in [0.5, 0.6) is 0 Å². The average Bonchev–Trinajstić information content (AvgIpc) is 3.58. The number of pyridine rings is 1. The fraction of sp³-hybridized carbons (Fsp3) is 0.438. The Morgan fingerprint density at radius 2 is 1.89 bits per heavy atom. The number of amides is 1. The Morgan fingerprint density at radius 1 is 1.18 bits per heavy atom. The molecule has 10 nitrogen and oxygen atoms in total. The molecule has 228 valence electrons. The number of halogens is 1. The minimum atomic E-state index is -1.29. The first-order valence-electron chi connectivity index (χ1n) is 14.9. The van der Waals surface area contributed by atoms with Crippen molar-refractivity contribution in [3.8, 4) is 17.3 Å². The Kier molecular flexibility index (Phi) is 6.88. The van der Waals surface area contributed by atoms with Gasteiger partial charge in [0, 0.05) is 81.6 Å². The molecule has 3 aliphatic rings. The Labute approximate surface area is 258 Å². The number of nitriles is 1. The number of nitrogens with zero attached hydrogens (tertiary/aromatic N) is 7. The van der Waals surface area contributed by atoms with Crippen molar-refractivity contribution in [2.45, 2.75) is 38.7 Å². The van der Waals surface area contributed by atoms with Gasteiger partial charge in [-0.1, -0.05) is 18.3 Å². The van der Waals surface area contributed by atoms with Crippen molar-refractivity contribution in [1.29, 1.82) is 5.26 Å². The third kappa shape index (κ3) is 4.62. The summed E-state index contributed by atoms with van der Waals surface area (Å²) in [6, 6.07) is 12.6. The first kappa shape index (κ1) is 28.7. The van der Waals surface area contributed by atoms with Crippen LogP contribution in [0.3, 0.4) is 0 Å². The molecule has 0 radical (unpaired) electrons. The smallest absolute Gasteiger partial charge is 0.254 e. The third-order valence-corrected chi connectivity index (χ3v) is 10.2. The van der Waals surface area contributed by atoms with Crippen molar-refractivity contribution in [2.75, 3.05) is 56.2 Å². The van der Waals surface area contributed by atoms with Crippen LogP contribution in [0, 0.1) is 29.5 Å². The Hall–Kier alpha value is -4.05. The van der Waals surface area contributed by atoms with Crippen molar-refractivity contribution >= 4 is 39.3 Å². The van der Waals surface area contributed by atoms with Crippen LogP contribution in [0.15, 0.2) is 36.4 Å². The fourth-order valence-electron chi connectivity index (χ4n) is 6.81. The molecule has 4 aromatic rings. The molecule has 1 N–H and O–H groups in total. The first-order valence-corrected chi connectivity index (χ1v) is 15.7. The quantitative estimate of drug-likeness (QED) is 0.342. The number of aryl methyl sites for hydroxylation is 2. The maximum Gasteiger partial charge on any atom is 0.254 e. The molecule has 0 aliphatic carbocycles. The highest BCUT2D eigenvalue weighted by Crippen LogP contribution is 2.45. The van der Waals surface area contributed by atoms with Gasteiger partial charge < -0.3 is 24.5 Å². The highest BCUT2D eigenvalue weighted by molar-refractivity contribution is 7.16. The number of aliphatic hydroxyl groups is 1. The number of hydrogen-bond acceptors (Lipinski definition) is 9. The Balaban J connectivity index is 1.14. The lowest BCUT2D eigenvalue weighted by atomic mass is 9.71. The molecular weight excluding hydrogens is 581 g/mol. The van der Waals surface area contributed by atoms with E-state index in [0.717, 1.165) is 41.4 Å². The van der Waals surface area contributed by atoms with Gasteiger partial charge in [-0.2, -0.15) is 10.4 Å². The SMILES string of the molecule is CCc1nn2c(C)cc(N3CC4(CN(C(=O)C5(O)CCOCC5)C4)C3)cc2c1N(C)c1nc(-c2ccc(F)cc2)c(C#N)s1. The topological polar surface area (TPSA) is 110 Å². The first-order chi connectivity index (χ1) is 21.1. The normalized spacial score (nSPS) is 18.6. The number of hydrogen-bond donors (Lipinski definition) is 1. The maximum atomic E-state index is 13.6. The molecule has 6 heterocycles. The van der Waals surface area contributed by atoms with Crippen molar-refractivity contribution in [3.63, 3.8) is 0 Å². The monoisotopic (exact) mass is 615 g/mol. The number of likely N-dealkylation sites (tertiary alicyclic amines) is 1. The number of carbonyl (C=O) groups excluding carboxylic acids is 1. The minimum Gasteiger partial charge on any atom is -0.381 e.